The predicted octanol–water partition coefficient (Wildman–Crippen LogP) is 4.75. The number of aromatic nitrogens is 3. The number of pyridine rings is 1. The highest BCUT2D eigenvalue weighted by Gasteiger charge is 2.44. The van der Waals surface area contributed by atoms with Crippen LogP contribution in [0.2, 0.25) is 0 Å². The van der Waals surface area contributed by atoms with E-state index < -0.39 is 23.8 Å². The van der Waals surface area contributed by atoms with E-state index in [1.54, 1.807) is 17.9 Å². The third-order valence-corrected chi connectivity index (χ3v) is 6.27. The largest absolute Gasteiger partial charge is 0.416 e. The number of halogens is 6. The first kappa shape index (κ1) is 25.0. The monoisotopic (exact) mass is 502 g/mol. The Bertz CT molecular complexity index is 1080. The normalized spacial score (nSPS) is 21.0. The predicted molar refractivity (Wildman–Crippen MR) is 115 cm³/mol. The van der Waals surface area contributed by atoms with E-state index in [0.29, 0.717) is 31.6 Å². The van der Waals surface area contributed by atoms with Gasteiger partial charge in [0, 0.05) is 50.8 Å². The number of amides is 1. The summed E-state index contributed by atoms with van der Waals surface area (Å²) >= 11 is 0. The van der Waals surface area contributed by atoms with Crippen molar-refractivity contribution in [1.82, 2.24) is 19.9 Å². The number of carbonyl (C=O) groups excluding carboxylic acids is 1. The average Bonchev–Trinajstić information content (AvgIpc) is 3.48. The molecule has 2 aromatic heterocycles. The molecule has 190 valence electrons. The summed E-state index contributed by atoms with van der Waals surface area (Å²) in [6, 6.07) is 3.21. The minimum Gasteiger partial charge on any atom is -0.342 e. The van der Waals surface area contributed by atoms with Crippen LogP contribution in [-0.2, 0) is 11.0 Å². The Morgan fingerprint density at radius 1 is 1.06 bits per heavy atom. The molecule has 0 aliphatic carbocycles. The van der Waals surface area contributed by atoms with Crippen molar-refractivity contribution in [3.05, 3.63) is 35.7 Å². The molecule has 2 aliphatic heterocycles. The van der Waals surface area contributed by atoms with Crippen LogP contribution in [0.15, 0.2) is 24.4 Å². The summed E-state index contributed by atoms with van der Waals surface area (Å²) in [5, 5.41) is 2.74. The van der Waals surface area contributed by atoms with Crippen molar-refractivity contribution in [3.63, 3.8) is 0 Å². The summed E-state index contributed by atoms with van der Waals surface area (Å²) in [6.07, 6.45) is -7.05. The van der Waals surface area contributed by atoms with Crippen LogP contribution in [0.5, 0.6) is 0 Å². The Labute approximate surface area is 197 Å². The van der Waals surface area contributed by atoms with Gasteiger partial charge in [-0.25, -0.2) is 9.97 Å². The lowest BCUT2D eigenvalue weighted by Crippen LogP contribution is -2.29. The molecule has 0 saturated carbocycles. The smallest absolute Gasteiger partial charge is 0.342 e. The van der Waals surface area contributed by atoms with Crippen molar-refractivity contribution in [2.45, 2.75) is 44.5 Å². The van der Waals surface area contributed by atoms with Gasteiger partial charge >= 0.3 is 12.4 Å². The number of alkyl halides is 6. The summed E-state index contributed by atoms with van der Waals surface area (Å²) < 4.78 is 78.9. The Morgan fingerprint density at radius 2 is 1.83 bits per heavy atom. The summed E-state index contributed by atoms with van der Waals surface area (Å²) in [6.45, 7) is 2.47. The maximum absolute atomic E-state index is 13.2. The molecule has 2 aliphatic rings. The second kappa shape index (κ2) is 9.50. The van der Waals surface area contributed by atoms with E-state index in [1.165, 1.54) is 4.90 Å². The van der Waals surface area contributed by atoms with Gasteiger partial charge in [-0.1, -0.05) is 6.92 Å². The Balaban J connectivity index is 1.64. The highest BCUT2D eigenvalue weighted by molar-refractivity contribution is 5.76. The van der Waals surface area contributed by atoms with E-state index in [1.807, 2.05) is 0 Å². The number of likely N-dealkylation sites (tertiary alicyclic amines) is 1. The maximum atomic E-state index is 13.2. The molecule has 0 bridgehead atoms. The summed E-state index contributed by atoms with van der Waals surface area (Å²) in [7, 11) is 0. The molecule has 2 unspecified atom stereocenters. The maximum Gasteiger partial charge on any atom is 0.416 e. The lowest BCUT2D eigenvalue weighted by molar-refractivity contribution is -0.168. The van der Waals surface area contributed by atoms with Crippen molar-refractivity contribution in [2.24, 2.45) is 5.92 Å². The third kappa shape index (κ3) is 5.76. The zero-order chi connectivity index (χ0) is 25.4. The van der Waals surface area contributed by atoms with Crippen LogP contribution in [0.25, 0.3) is 0 Å². The van der Waals surface area contributed by atoms with Gasteiger partial charge in [0.1, 0.15) is 11.6 Å². The number of rotatable bonds is 5. The van der Waals surface area contributed by atoms with E-state index in [0.717, 1.165) is 18.3 Å². The topological polar surface area (TPSA) is 74.2 Å². The van der Waals surface area contributed by atoms with Gasteiger partial charge in [0.25, 0.3) is 0 Å². The fourth-order valence-electron chi connectivity index (χ4n) is 4.33. The third-order valence-electron chi connectivity index (χ3n) is 6.27. The first-order valence-electron chi connectivity index (χ1n) is 11.2. The molecule has 1 N–H and O–H groups in total. The van der Waals surface area contributed by atoms with Gasteiger partial charge in [0.05, 0.1) is 17.2 Å². The van der Waals surface area contributed by atoms with Crippen LogP contribution >= 0.6 is 0 Å². The van der Waals surface area contributed by atoms with Crippen LogP contribution in [0, 0.1) is 5.92 Å². The van der Waals surface area contributed by atoms with E-state index in [-0.39, 0.29) is 48.9 Å². The Morgan fingerprint density at radius 3 is 2.49 bits per heavy atom. The zero-order valence-corrected chi connectivity index (χ0v) is 18.8. The number of nitrogens with one attached hydrogen (secondary N) is 1. The van der Waals surface area contributed by atoms with Gasteiger partial charge in [-0.3, -0.25) is 4.79 Å². The van der Waals surface area contributed by atoms with Gasteiger partial charge < -0.3 is 15.1 Å². The molecule has 0 spiro atoms. The van der Waals surface area contributed by atoms with Gasteiger partial charge in [0.2, 0.25) is 11.9 Å². The Hall–Kier alpha value is -3.12. The van der Waals surface area contributed by atoms with Crippen LogP contribution < -0.4 is 10.2 Å². The lowest BCUT2D eigenvalue weighted by Gasteiger charge is -2.21. The fourth-order valence-corrected chi connectivity index (χ4v) is 4.33. The number of nitrogens with zero attached hydrogens (tertiary/aromatic N) is 5. The highest BCUT2D eigenvalue weighted by atomic mass is 19.4. The van der Waals surface area contributed by atoms with Gasteiger partial charge in [0.15, 0.2) is 0 Å². The number of carbonyl (C=O) groups is 1. The second-order valence-corrected chi connectivity index (χ2v) is 8.68. The van der Waals surface area contributed by atoms with Crippen LogP contribution in [-0.4, -0.2) is 58.1 Å². The van der Waals surface area contributed by atoms with Crippen molar-refractivity contribution in [1.29, 1.82) is 0 Å². The standard InChI is InChI=1S/C22H24F6N6O/c1-2-19(35)33-7-4-13(11-33)16-10-18(31-17-9-14(3-6-29-17)21(23,24)25)32-20(30-16)34-8-5-15(12-34)22(26,27)28/h3,6,9-10,13,15H,2,4-5,7-8,11-12H2,1H3,(H,29,30,31,32). The molecule has 0 radical (unpaired) electrons. The molecule has 4 rings (SSSR count). The first-order chi connectivity index (χ1) is 16.4. The molecule has 0 aromatic carbocycles. The van der Waals surface area contributed by atoms with Crippen molar-refractivity contribution >= 4 is 23.5 Å². The quantitative estimate of drug-likeness (QED) is 0.595. The SMILES string of the molecule is CCC(=O)N1CCC(c2cc(Nc3cc(C(F)(F)F)ccn3)nc(N3CCC(C(F)(F)F)C3)n2)C1. The minimum atomic E-state index is -4.57. The van der Waals surface area contributed by atoms with E-state index in [2.05, 4.69) is 20.3 Å². The van der Waals surface area contributed by atoms with Crippen molar-refractivity contribution < 1.29 is 31.1 Å². The molecule has 2 fully saturated rings. The molecule has 2 aromatic rings. The minimum absolute atomic E-state index is 0.0131. The number of anilines is 3. The van der Waals surface area contributed by atoms with E-state index in [4.69, 9.17) is 0 Å². The molecular formula is C22H24F6N6O. The van der Waals surface area contributed by atoms with Gasteiger partial charge in [-0.15, -0.1) is 0 Å². The van der Waals surface area contributed by atoms with Crippen LogP contribution in [0.1, 0.15) is 43.4 Å². The summed E-state index contributed by atoms with van der Waals surface area (Å²) in [5.41, 5.74) is -0.395. The van der Waals surface area contributed by atoms with E-state index in [9.17, 15) is 31.1 Å². The molecule has 7 nitrogen and oxygen atoms in total. The molecule has 2 saturated heterocycles. The van der Waals surface area contributed by atoms with Gasteiger partial charge in [-0.05, 0) is 25.0 Å². The first-order valence-corrected chi connectivity index (χ1v) is 11.2. The molecular weight excluding hydrogens is 478 g/mol. The Kier molecular flexibility index (Phi) is 6.78. The van der Waals surface area contributed by atoms with Crippen LogP contribution in [0.4, 0.5) is 43.9 Å². The molecule has 4 heterocycles. The average molecular weight is 502 g/mol. The fraction of sp³-hybridized carbons (Fsp3) is 0.545. The highest BCUT2D eigenvalue weighted by Crippen LogP contribution is 2.36. The van der Waals surface area contributed by atoms with Crippen LogP contribution in [0.3, 0.4) is 0 Å². The second-order valence-electron chi connectivity index (χ2n) is 8.68. The van der Waals surface area contributed by atoms with E-state index >= 15 is 0 Å². The van der Waals surface area contributed by atoms with Crippen molar-refractivity contribution in [2.75, 3.05) is 36.4 Å². The molecule has 13 heteroatoms. The molecule has 2 atom stereocenters. The van der Waals surface area contributed by atoms with Gasteiger partial charge in [-0.2, -0.15) is 31.3 Å². The summed E-state index contributed by atoms with van der Waals surface area (Å²) in [4.78, 5) is 27.9. The number of hydrogen-bond donors (Lipinski definition) is 1. The molecule has 1 amide bonds. The number of hydrogen-bond acceptors (Lipinski definition) is 6. The lowest BCUT2D eigenvalue weighted by atomic mass is 10.0. The summed E-state index contributed by atoms with van der Waals surface area (Å²) in [5.74, 6) is -1.64. The molecule has 35 heavy (non-hydrogen) atoms. The van der Waals surface area contributed by atoms with Crippen molar-refractivity contribution in [3.8, 4) is 0 Å². The zero-order valence-electron chi connectivity index (χ0n) is 18.8.